The van der Waals surface area contributed by atoms with E-state index in [0.717, 1.165) is 28.4 Å². The van der Waals surface area contributed by atoms with Crippen molar-refractivity contribution in [3.05, 3.63) is 53.6 Å². The largest absolute Gasteiger partial charge is 0.445 e. The maximum absolute atomic E-state index is 14.5. The highest BCUT2D eigenvalue weighted by Crippen LogP contribution is 2.33. The van der Waals surface area contributed by atoms with Crippen molar-refractivity contribution in [1.29, 1.82) is 0 Å². The van der Waals surface area contributed by atoms with Gasteiger partial charge in [0.25, 0.3) is 5.92 Å². The van der Waals surface area contributed by atoms with Crippen molar-refractivity contribution >= 4 is 12.0 Å². The molecule has 0 spiro atoms. The number of aromatic nitrogens is 2. The third kappa shape index (κ3) is 5.11. The summed E-state index contributed by atoms with van der Waals surface area (Å²) in [6.07, 6.45) is 1.26. The molecule has 3 rings (SSSR count). The van der Waals surface area contributed by atoms with Gasteiger partial charge in [-0.15, -0.1) is 0 Å². The normalized spacial score (nSPS) is 18.6. The molecule has 150 valence electrons. The fourth-order valence-corrected chi connectivity index (χ4v) is 2.93. The number of alkyl halides is 2. The van der Waals surface area contributed by atoms with Crippen LogP contribution in [-0.2, 0) is 11.3 Å². The number of piperidine rings is 1. The molecular formula is C19H21F3N4O2. The highest BCUT2D eigenvalue weighted by molar-refractivity contribution is 5.68. The minimum absolute atomic E-state index is 0.0358. The van der Waals surface area contributed by atoms with Gasteiger partial charge >= 0.3 is 6.09 Å². The standard InChI is InChI=1S/C19H21F3N4O2/c1-13-2-4-14(5-3-13)11-28-18(27)26-7-6-15(19(21,22)12-26)8-23-17-24-9-16(20)10-25-17/h2-5,9-10,15H,6-8,11-12H2,1H3,(H,23,24,25)/t15-/m1/s1. The number of likely N-dealkylation sites (tertiary alicyclic amines) is 1. The highest BCUT2D eigenvalue weighted by atomic mass is 19.3. The van der Waals surface area contributed by atoms with Crippen molar-refractivity contribution in [2.24, 2.45) is 5.92 Å². The van der Waals surface area contributed by atoms with E-state index in [9.17, 15) is 18.0 Å². The maximum atomic E-state index is 14.5. The van der Waals surface area contributed by atoms with E-state index in [-0.39, 0.29) is 32.1 Å². The summed E-state index contributed by atoms with van der Waals surface area (Å²) in [7, 11) is 0. The molecule has 1 atom stereocenters. The Morgan fingerprint density at radius 1 is 1.29 bits per heavy atom. The second-order valence-electron chi connectivity index (χ2n) is 6.81. The number of aryl methyl sites for hydroxylation is 1. The Bertz CT molecular complexity index is 800. The van der Waals surface area contributed by atoms with Gasteiger partial charge < -0.3 is 15.0 Å². The molecule has 1 aliphatic rings. The van der Waals surface area contributed by atoms with Crippen molar-refractivity contribution in [3.63, 3.8) is 0 Å². The molecule has 0 radical (unpaired) electrons. The summed E-state index contributed by atoms with van der Waals surface area (Å²) < 4.78 is 46.9. The monoisotopic (exact) mass is 394 g/mol. The first-order chi connectivity index (χ1) is 13.3. The number of halogens is 3. The average molecular weight is 394 g/mol. The Hall–Kier alpha value is -2.84. The van der Waals surface area contributed by atoms with Crippen LogP contribution in [0.15, 0.2) is 36.7 Å². The molecule has 1 aliphatic heterocycles. The topological polar surface area (TPSA) is 67.3 Å². The van der Waals surface area contributed by atoms with Gasteiger partial charge in [-0.25, -0.2) is 27.9 Å². The van der Waals surface area contributed by atoms with Gasteiger partial charge in [-0.2, -0.15) is 0 Å². The van der Waals surface area contributed by atoms with Crippen LogP contribution in [-0.4, -0.2) is 46.5 Å². The van der Waals surface area contributed by atoms with Gasteiger partial charge in [0.15, 0.2) is 5.82 Å². The first kappa shape index (κ1) is 19.9. The molecule has 0 aliphatic carbocycles. The molecule has 28 heavy (non-hydrogen) atoms. The quantitative estimate of drug-likeness (QED) is 0.839. The first-order valence-electron chi connectivity index (χ1n) is 8.90. The van der Waals surface area contributed by atoms with Gasteiger partial charge in [0, 0.05) is 19.0 Å². The molecule has 2 aromatic rings. The van der Waals surface area contributed by atoms with Crippen LogP contribution in [0.1, 0.15) is 17.5 Å². The number of anilines is 1. The summed E-state index contributed by atoms with van der Waals surface area (Å²) in [5.41, 5.74) is 1.88. The number of amides is 1. The van der Waals surface area contributed by atoms with Gasteiger partial charge in [-0.1, -0.05) is 29.8 Å². The van der Waals surface area contributed by atoms with Crippen LogP contribution in [0.25, 0.3) is 0 Å². The zero-order valence-corrected chi connectivity index (χ0v) is 15.4. The number of hydrogen-bond acceptors (Lipinski definition) is 5. The van der Waals surface area contributed by atoms with Gasteiger partial charge in [0.05, 0.1) is 18.9 Å². The van der Waals surface area contributed by atoms with Gasteiger partial charge in [-0.3, -0.25) is 0 Å². The fraction of sp³-hybridized carbons (Fsp3) is 0.421. The molecule has 0 saturated carbocycles. The average Bonchev–Trinajstić information content (AvgIpc) is 2.67. The SMILES string of the molecule is Cc1ccc(COC(=O)N2CC[C@H](CNc3ncc(F)cn3)C(F)(F)C2)cc1. The molecular weight excluding hydrogens is 373 g/mol. The van der Waals surface area contributed by atoms with Gasteiger partial charge in [-0.05, 0) is 18.9 Å². The Balaban J connectivity index is 1.49. The molecule has 1 saturated heterocycles. The molecule has 1 aromatic carbocycles. The molecule has 6 nitrogen and oxygen atoms in total. The van der Waals surface area contributed by atoms with Crippen molar-refractivity contribution < 1.29 is 22.7 Å². The van der Waals surface area contributed by atoms with Crippen LogP contribution in [0.5, 0.6) is 0 Å². The van der Waals surface area contributed by atoms with Crippen molar-refractivity contribution in [1.82, 2.24) is 14.9 Å². The summed E-state index contributed by atoms with van der Waals surface area (Å²) in [6, 6.07) is 7.43. The molecule has 0 unspecified atom stereocenters. The lowest BCUT2D eigenvalue weighted by atomic mass is 9.93. The van der Waals surface area contributed by atoms with Gasteiger partial charge in [0.2, 0.25) is 5.95 Å². The van der Waals surface area contributed by atoms with Crippen LogP contribution in [0.2, 0.25) is 0 Å². The summed E-state index contributed by atoms with van der Waals surface area (Å²) in [4.78, 5) is 20.5. The summed E-state index contributed by atoms with van der Waals surface area (Å²) in [5, 5.41) is 2.69. The van der Waals surface area contributed by atoms with E-state index in [1.165, 1.54) is 0 Å². The molecule has 1 N–H and O–H groups in total. The minimum Gasteiger partial charge on any atom is -0.445 e. The van der Waals surface area contributed by atoms with Crippen LogP contribution in [0.4, 0.5) is 23.9 Å². The smallest absolute Gasteiger partial charge is 0.410 e. The maximum Gasteiger partial charge on any atom is 0.410 e. The second kappa shape index (κ2) is 8.45. The summed E-state index contributed by atoms with van der Waals surface area (Å²) >= 11 is 0. The van der Waals surface area contributed by atoms with Crippen LogP contribution >= 0.6 is 0 Å². The van der Waals surface area contributed by atoms with E-state index in [1.54, 1.807) is 0 Å². The van der Waals surface area contributed by atoms with Crippen molar-refractivity contribution in [2.45, 2.75) is 25.9 Å². The zero-order valence-electron chi connectivity index (χ0n) is 15.4. The lowest BCUT2D eigenvalue weighted by Crippen LogP contribution is -2.52. The predicted molar refractivity (Wildman–Crippen MR) is 96.5 cm³/mol. The third-order valence-electron chi connectivity index (χ3n) is 4.61. The van der Waals surface area contributed by atoms with E-state index in [0.29, 0.717) is 0 Å². The van der Waals surface area contributed by atoms with Crippen LogP contribution in [0, 0.1) is 18.7 Å². The van der Waals surface area contributed by atoms with E-state index < -0.39 is 30.3 Å². The molecule has 9 heteroatoms. The number of hydrogen-bond donors (Lipinski definition) is 1. The van der Waals surface area contributed by atoms with E-state index in [4.69, 9.17) is 4.74 Å². The summed E-state index contributed by atoms with van der Waals surface area (Å²) in [6.45, 7) is 1.35. The van der Waals surface area contributed by atoms with Gasteiger partial charge in [0.1, 0.15) is 6.61 Å². The number of carbonyl (C=O) groups is 1. The fourth-order valence-electron chi connectivity index (χ4n) is 2.93. The molecule has 0 bridgehead atoms. The van der Waals surface area contributed by atoms with E-state index >= 15 is 0 Å². The zero-order chi connectivity index (χ0) is 20.1. The Labute approximate surface area is 160 Å². The van der Waals surface area contributed by atoms with Crippen LogP contribution in [0.3, 0.4) is 0 Å². The number of carbonyl (C=O) groups excluding carboxylic acids is 1. The number of benzene rings is 1. The predicted octanol–water partition coefficient (Wildman–Crippen LogP) is 3.63. The minimum atomic E-state index is -3.09. The Morgan fingerprint density at radius 3 is 2.61 bits per heavy atom. The number of nitrogens with one attached hydrogen (secondary N) is 1. The second-order valence-corrected chi connectivity index (χ2v) is 6.81. The van der Waals surface area contributed by atoms with E-state index in [1.807, 2.05) is 31.2 Å². The summed E-state index contributed by atoms with van der Waals surface area (Å²) in [5.74, 6) is -4.61. The lowest BCUT2D eigenvalue weighted by Gasteiger charge is -2.37. The van der Waals surface area contributed by atoms with E-state index in [2.05, 4.69) is 15.3 Å². The molecule has 1 aromatic heterocycles. The third-order valence-corrected chi connectivity index (χ3v) is 4.61. The van der Waals surface area contributed by atoms with Crippen LogP contribution < -0.4 is 5.32 Å². The lowest BCUT2D eigenvalue weighted by molar-refractivity contribution is -0.102. The van der Waals surface area contributed by atoms with Crippen molar-refractivity contribution in [3.8, 4) is 0 Å². The molecule has 1 amide bonds. The highest BCUT2D eigenvalue weighted by Gasteiger charge is 2.46. The Morgan fingerprint density at radius 2 is 1.96 bits per heavy atom. The molecule has 2 heterocycles. The first-order valence-corrected chi connectivity index (χ1v) is 8.90. The van der Waals surface area contributed by atoms with Crippen molar-refractivity contribution in [2.75, 3.05) is 25.0 Å². The number of ether oxygens (including phenoxy) is 1. The number of rotatable bonds is 5. The Kier molecular flexibility index (Phi) is 6.01. The number of nitrogens with zero attached hydrogens (tertiary/aromatic N) is 3. The molecule has 1 fully saturated rings.